The first-order valence-electron chi connectivity index (χ1n) is 7.66. The van der Waals surface area contributed by atoms with Crippen LogP contribution in [0.25, 0.3) is 0 Å². The molecule has 0 saturated heterocycles. The zero-order chi connectivity index (χ0) is 18.7. The normalized spacial score (nSPS) is 12.0. The maximum absolute atomic E-state index is 12.2. The maximum atomic E-state index is 12.2. The highest BCUT2D eigenvalue weighted by Gasteiger charge is 2.26. The van der Waals surface area contributed by atoms with Crippen molar-refractivity contribution in [3.8, 4) is 5.75 Å². The molecule has 0 aliphatic heterocycles. The molecule has 1 heterocycles. The van der Waals surface area contributed by atoms with Crippen molar-refractivity contribution in [3.05, 3.63) is 47.7 Å². The number of methoxy groups -OCH3 is 1. The minimum atomic E-state index is -3.82. The predicted molar refractivity (Wildman–Crippen MR) is 92.9 cm³/mol. The van der Waals surface area contributed by atoms with Gasteiger partial charge in [-0.1, -0.05) is 12.1 Å². The summed E-state index contributed by atoms with van der Waals surface area (Å²) in [5.41, 5.74) is 0.227. The van der Waals surface area contributed by atoms with E-state index in [2.05, 4.69) is 10.0 Å². The molecule has 2 aromatic rings. The minimum Gasteiger partial charge on any atom is -0.497 e. The highest BCUT2D eigenvalue weighted by Crippen LogP contribution is 2.17. The number of furan rings is 1. The number of sulfonamides is 1. The Kier molecular flexibility index (Phi) is 5.54. The van der Waals surface area contributed by atoms with E-state index in [-0.39, 0.29) is 17.4 Å². The number of rotatable bonds is 6. The molecule has 0 saturated carbocycles. The molecule has 136 valence electrons. The molecule has 0 aliphatic rings. The van der Waals surface area contributed by atoms with Crippen LogP contribution in [-0.4, -0.2) is 27.0 Å². The van der Waals surface area contributed by atoms with Crippen molar-refractivity contribution < 1.29 is 22.4 Å². The van der Waals surface area contributed by atoms with E-state index in [0.29, 0.717) is 0 Å². The van der Waals surface area contributed by atoms with E-state index in [4.69, 9.17) is 9.15 Å². The van der Waals surface area contributed by atoms with Crippen LogP contribution in [0.5, 0.6) is 5.75 Å². The largest absolute Gasteiger partial charge is 0.497 e. The molecule has 25 heavy (non-hydrogen) atoms. The molecular formula is C17H22N2O5S. The summed E-state index contributed by atoms with van der Waals surface area (Å²) in [5, 5.41) is 2.38. The van der Waals surface area contributed by atoms with Crippen molar-refractivity contribution in [2.24, 2.45) is 0 Å². The van der Waals surface area contributed by atoms with Crippen LogP contribution < -0.4 is 14.8 Å². The Morgan fingerprint density at radius 3 is 2.32 bits per heavy atom. The summed E-state index contributed by atoms with van der Waals surface area (Å²) < 4.78 is 37.1. The number of hydrogen-bond donors (Lipinski definition) is 2. The number of benzene rings is 1. The van der Waals surface area contributed by atoms with E-state index in [1.54, 1.807) is 40.0 Å². The lowest BCUT2D eigenvalue weighted by Crippen LogP contribution is -2.40. The first-order valence-corrected chi connectivity index (χ1v) is 9.14. The van der Waals surface area contributed by atoms with E-state index >= 15 is 0 Å². The van der Waals surface area contributed by atoms with Crippen LogP contribution in [0.4, 0.5) is 0 Å². The standard InChI is InChI=1S/C17H22N2O5S/c1-17(2,3)19-25(21,22)15-10-9-14(24-15)16(20)18-11-12-5-7-13(23-4)8-6-12/h5-10,19H,11H2,1-4H3,(H,18,20). The molecule has 0 fully saturated rings. The van der Waals surface area contributed by atoms with Crippen LogP contribution in [0.2, 0.25) is 0 Å². The van der Waals surface area contributed by atoms with Gasteiger partial charge in [-0.3, -0.25) is 4.79 Å². The van der Waals surface area contributed by atoms with Crippen molar-refractivity contribution in [3.63, 3.8) is 0 Å². The molecule has 8 heteroatoms. The van der Waals surface area contributed by atoms with E-state index in [9.17, 15) is 13.2 Å². The number of ether oxygens (including phenoxy) is 1. The second-order valence-corrected chi connectivity index (χ2v) is 8.12. The molecule has 1 aromatic carbocycles. The summed E-state index contributed by atoms with van der Waals surface area (Å²) in [6, 6.07) is 9.82. The minimum absolute atomic E-state index is 0.0669. The average molecular weight is 366 g/mol. The van der Waals surface area contributed by atoms with Crippen LogP contribution in [-0.2, 0) is 16.6 Å². The molecule has 0 aliphatic carbocycles. The molecule has 7 nitrogen and oxygen atoms in total. The number of hydrogen-bond acceptors (Lipinski definition) is 5. The lowest BCUT2D eigenvalue weighted by Gasteiger charge is -2.18. The first-order chi connectivity index (χ1) is 11.6. The number of amides is 1. The Morgan fingerprint density at radius 1 is 1.12 bits per heavy atom. The molecule has 2 N–H and O–H groups in total. The average Bonchev–Trinajstić information content (AvgIpc) is 3.02. The van der Waals surface area contributed by atoms with E-state index in [1.165, 1.54) is 12.1 Å². The van der Waals surface area contributed by atoms with Gasteiger partial charge in [-0.15, -0.1) is 0 Å². The summed E-state index contributed by atoms with van der Waals surface area (Å²) in [7, 11) is -2.24. The summed E-state index contributed by atoms with van der Waals surface area (Å²) in [5.74, 6) is 0.165. The number of nitrogens with one attached hydrogen (secondary N) is 2. The third-order valence-corrected chi connectivity index (χ3v) is 4.75. The second-order valence-electron chi connectivity index (χ2n) is 6.50. The highest BCUT2D eigenvalue weighted by molar-refractivity contribution is 7.89. The number of carbonyl (C=O) groups is 1. The fourth-order valence-corrected chi connectivity index (χ4v) is 3.41. The van der Waals surface area contributed by atoms with E-state index < -0.39 is 21.5 Å². The van der Waals surface area contributed by atoms with Crippen LogP contribution in [0, 0.1) is 0 Å². The first kappa shape index (κ1) is 19.0. The smallest absolute Gasteiger partial charge is 0.287 e. The van der Waals surface area contributed by atoms with Gasteiger partial charge in [0.25, 0.3) is 15.9 Å². The Hall–Kier alpha value is -2.32. The highest BCUT2D eigenvalue weighted by atomic mass is 32.2. The van der Waals surface area contributed by atoms with Gasteiger partial charge in [-0.2, -0.15) is 0 Å². The zero-order valence-electron chi connectivity index (χ0n) is 14.6. The third-order valence-electron chi connectivity index (χ3n) is 3.12. The maximum Gasteiger partial charge on any atom is 0.287 e. The quantitative estimate of drug-likeness (QED) is 0.817. The van der Waals surface area contributed by atoms with Gasteiger partial charge in [0.15, 0.2) is 5.76 Å². The summed E-state index contributed by atoms with van der Waals surface area (Å²) >= 11 is 0. The monoisotopic (exact) mass is 366 g/mol. The van der Waals surface area contributed by atoms with Crippen LogP contribution in [0.3, 0.4) is 0 Å². The zero-order valence-corrected chi connectivity index (χ0v) is 15.4. The van der Waals surface area contributed by atoms with E-state index in [1.807, 2.05) is 12.1 Å². The lowest BCUT2D eigenvalue weighted by atomic mass is 10.1. The van der Waals surface area contributed by atoms with E-state index in [0.717, 1.165) is 11.3 Å². The third kappa shape index (κ3) is 5.33. The molecule has 0 atom stereocenters. The predicted octanol–water partition coefficient (Wildman–Crippen LogP) is 2.29. The molecule has 1 aromatic heterocycles. The molecule has 0 spiro atoms. The van der Waals surface area contributed by atoms with Crippen LogP contribution in [0.1, 0.15) is 36.9 Å². The lowest BCUT2D eigenvalue weighted by molar-refractivity contribution is 0.0918. The van der Waals surface area contributed by atoms with Gasteiger partial charge in [-0.05, 0) is 50.6 Å². The van der Waals surface area contributed by atoms with Crippen molar-refractivity contribution >= 4 is 15.9 Å². The van der Waals surface area contributed by atoms with Gasteiger partial charge >= 0.3 is 0 Å². The second kappa shape index (κ2) is 7.28. The van der Waals surface area contributed by atoms with Gasteiger partial charge in [0, 0.05) is 12.1 Å². The van der Waals surface area contributed by atoms with Crippen LogP contribution >= 0.6 is 0 Å². The molecule has 0 bridgehead atoms. The summed E-state index contributed by atoms with van der Waals surface area (Å²) in [6.07, 6.45) is 0. The topological polar surface area (TPSA) is 97.6 Å². The van der Waals surface area contributed by atoms with Gasteiger partial charge in [-0.25, -0.2) is 13.1 Å². The van der Waals surface area contributed by atoms with Crippen molar-refractivity contribution in [1.82, 2.24) is 10.0 Å². The fraction of sp³-hybridized carbons (Fsp3) is 0.353. The molecule has 2 rings (SSSR count). The molecular weight excluding hydrogens is 344 g/mol. The van der Waals surface area contributed by atoms with Gasteiger partial charge in [0.2, 0.25) is 5.09 Å². The Labute approximate surface area is 147 Å². The van der Waals surface area contributed by atoms with Gasteiger partial charge in [0.05, 0.1) is 7.11 Å². The SMILES string of the molecule is COc1ccc(CNC(=O)c2ccc(S(=O)(=O)NC(C)(C)C)o2)cc1. The van der Waals surface area contributed by atoms with Gasteiger partial charge in [0.1, 0.15) is 5.75 Å². The van der Waals surface area contributed by atoms with Crippen molar-refractivity contribution in [2.75, 3.05) is 7.11 Å². The van der Waals surface area contributed by atoms with Crippen molar-refractivity contribution in [2.45, 2.75) is 37.9 Å². The fourth-order valence-electron chi connectivity index (χ4n) is 2.05. The Balaban J connectivity index is 2.02. The molecule has 0 radical (unpaired) electrons. The van der Waals surface area contributed by atoms with Gasteiger partial charge < -0.3 is 14.5 Å². The Morgan fingerprint density at radius 2 is 1.76 bits per heavy atom. The van der Waals surface area contributed by atoms with Crippen molar-refractivity contribution in [1.29, 1.82) is 0 Å². The van der Waals surface area contributed by atoms with Crippen LogP contribution in [0.15, 0.2) is 45.9 Å². The summed E-state index contributed by atoms with van der Waals surface area (Å²) in [6.45, 7) is 5.44. The summed E-state index contributed by atoms with van der Waals surface area (Å²) in [4.78, 5) is 12.1. The molecule has 1 amide bonds. The Bertz CT molecular complexity index is 833. The molecule has 0 unspecified atom stereocenters. The number of carbonyl (C=O) groups excluding carboxylic acids is 1.